The molecule has 0 spiro atoms. The molecule has 0 amide bonds. The van der Waals surface area contributed by atoms with Gasteiger partial charge in [-0.05, 0) is 63.9 Å². The second kappa shape index (κ2) is 8.55. The Morgan fingerprint density at radius 2 is 1.94 bits per heavy atom. The second-order valence-corrected chi connectivity index (χ2v) is 7.92. The van der Waals surface area contributed by atoms with Crippen molar-refractivity contribution in [2.75, 3.05) is 6.54 Å². The predicted octanol–water partition coefficient (Wildman–Crippen LogP) is 3.46. The topological polar surface area (TPSA) is 90.0 Å². The van der Waals surface area contributed by atoms with Crippen LogP contribution in [-0.4, -0.2) is 41.9 Å². The minimum atomic E-state index is -0.0783. The summed E-state index contributed by atoms with van der Waals surface area (Å²) in [4.78, 5) is 22.2. The van der Waals surface area contributed by atoms with Crippen LogP contribution in [0, 0.1) is 13.8 Å². The molecule has 1 fully saturated rings. The number of aryl methyl sites for hydroxylation is 2. The van der Waals surface area contributed by atoms with Gasteiger partial charge in [0.2, 0.25) is 0 Å². The van der Waals surface area contributed by atoms with Crippen LogP contribution in [0.3, 0.4) is 0 Å². The minimum absolute atomic E-state index is 0.0783. The van der Waals surface area contributed by atoms with E-state index in [4.69, 9.17) is 0 Å². The van der Waals surface area contributed by atoms with Crippen molar-refractivity contribution < 1.29 is 0 Å². The van der Waals surface area contributed by atoms with Crippen LogP contribution in [0.1, 0.15) is 50.9 Å². The molecule has 0 aromatic carbocycles. The van der Waals surface area contributed by atoms with Crippen LogP contribution < -0.4 is 10.9 Å². The first-order chi connectivity index (χ1) is 15.0. The fourth-order valence-electron chi connectivity index (χ4n) is 4.15. The Hall–Kier alpha value is -3.13. The van der Waals surface area contributed by atoms with E-state index in [1.54, 1.807) is 15.4 Å². The van der Waals surface area contributed by atoms with E-state index < -0.39 is 0 Å². The molecule has 1 saturated heterocycles. The summed E-state index contributed by atoms with van der Waals surface area (Å²) in [5.74, 6) is 0. The van der Waals surface area contributed by atoms with Crippen molar-refractivity contribution in [2.24, 2.45) is 0 Å². The number of nitrogens with zero attached hydrogens (tertiary/aromatic N) is 6. The van der Waals surface area contributed by atoms with Gasteiger partial charge in [-0.2, -0.15) is 10.2 Å². The number of rotatable bonds is 2. The molecule has 2 unspecified atom stereocenters. The normalized spacial score (nSPS) is 18.7. The molecule has 1 N–H and O–H groups in total. The van der Waals surface area contributed by atoms with Gasteiger partial charge in [0.15, 0.2) is 5.65 Å². The molecule has 5 heterocycles. The molecule has 0 saturated carbocycles. The highest BCUT2D eigenvalue weighted by molar-refractivity contribution is 5.79. The molecule has 8 nitrogen and oxygen atoms in total. The summed E-state index contributed by atoms with van der Waals surface area (Å²) in [6, 6.07) is 6.18. The van der Waals surface area contributed by atoms with Gasteiger partial charge in [-0.3, -0.25) is 4.79 Å². The summed E-state index contributed by atoms with van der Waals surface area (Å²) in [7, 11) is 0. The Labute approximate surface area is 181 Å². The molecule has 1 aliphatic heterocycles. The summed E-state index contributed by atoms with van der Waals surface area (Å²) in [5.41, 5.74) is 4.75. The molecule has 162 valence electrons. The Bertz CT molecular complexity index is 1290. The largest absolute Gasteiger partial charge is 0.314 e. The van der Waals surface area contributed by atoms with Crippen molar-refractivity contribution in [3.8, 4) is 11.4 Å². The van der Waals surface area contributed by atoms with E-state index in [0.29, 0.717) is 22.6 Å². The quantitative estimate of drug-likeness (QED) is 0.535. The van der Waals surface area contributed by atoms with Crippen LogP contribution in [0.2, 0.25) is 0 Å². The molecular weight excluding hydrogens is 390 g/mol. The Balaban J connectivity index is 0.00000112. The first-order valence-corrected chi connectivity index (χ1v) is 11.0. The van der Waals surface area contributed by atoms with E-state index in [1.807, 2.05) is 52.1 Å². The van der Waals surface area contributed by atoms with Crippen molar-refractivity contribution >= 4 is 16.6 Å². The predicted molar refractivity (Wildman–Crippen MR) is 122 cm³/mol. The van der Waals surface area contributed by atoms with Crippen molar-refractivity contribution in [1.82, 2.24) is 34.7 Å². The zero-order chi connectivity index (χ0) is 22.1. The smallest absolute Gasteiger partial charge is 0.276 e. The molecule has 2 atom stereocenters. The maximum Gasteiger partial charge on any atom is 0.276 e. The average molecular weight is 420 g/mol. The van der Waals surface area contributed by atoms with E-state index in [1.165, 1.54) is 0 Å². The third-order valence-electron chi connectivity index (χ3n) is 5.60. The van der Waals surface area contributed by atoms with Crippen LogP contribution in [0.25, 0.3) is 27.9 Å². The average Bonchev–Trinajstić information content (AvgIpc) is 3.16. The summed E-state index contributed by atoms with van der Waals surface area (Å²) in [5, 5.41) is 13.1. The van der Waals surface area contributed by atoms with Crippen LogP contribution in [-0.2, 0) is 0 Å². The van der Waals surface area contributed by atoms with Crippen LogP contribution in [0.4, 0.5) is 0 Å². The number of hydrogen-bond donors (Lipinski definition) is 1. The molecular formula is C23H29N7O. The van der Waals surface area contributed by atoms with E-state index in [0.717, 1.165) is 42.0 Å². The molecule has 1 aliphatic rings. The highest BCUT2D eigenvalue weighted by Gasteiger charge is 2.22. The lowest BCUT2D eigenvalue weighted by Crippen LogP contribution is -2.40. The van der Waals surface area contributed by atoms with Crippen LogP contribution >= 0.6 is 0 Å². The summed E-state index contributed by atoms with van der Waals surface area (Å²) in [6.07, 6.45) is 5.39. The third kappa shape index (κ3) is 3.95. The Morgan fingerprint density at radius 1 is 1.13 bits per heavy atom. The number of hydrogen-bond acceptors (Lipinski definition) is 6. The van der Waals surface area contributed by atoms with E-state index >= 15 is 0 Å². The van der Waals surface area contributed by atoms with Gasteiger partial charge < -0.3 is 5.32 Å². The van der Waals surface area contributed by atoms with Gasteiger partial charge in [0.25, 0.3) is 5.56 Å². The van der Waals surface area contributed by atoms with E-state index in [-0.39, 0.29) is 11.6 Å². The van der Waals surface area contributed by atoms with Crippen molar-refractivity contribution in [3.63, 3.8) is 0 Å². The summed E-state index contributed by atoms with van der Waals surface area (Å²) in [6.45, 7) is 11.0. The van der Waals surface area contributed by atoms with Crippen LogP contribution in [0.15, 0.2) is 35.4 Å². The number of aromatic nitrogens is 6. The Kier molecular flexibility index (Phi) is 5.82. The Morgan fingerprint density at radius 3 is 2.71 bits per heavy atom. The SMILES string of the molecule is CC.Cc1cn2nc(-c3ccc4c(=O)n(C5CCNC(C)C5)ncc4n3)cc(C)c2n1. The maximum atomic E-state index is 13.0. The lowest BCUT2D eigenvalue weighted by atomic mass is 10.0. The van der Waals surface area contributed by atoms with Gasteiger partial charge in [0, 0.05) is 6.04 Å². The van der Waals surface area contributed by atoms with Gasteiger partial charge in [-0.1, -0.05) is 13.8 Å². The maximum absolute atomic E-state index is 13.0. The van der Waals surface area contributed by atoms with Crippen molar-refractivity contribution in [2.45, 2.75) is 59.5 Å². The third-order valence-corrected chi connectivity index (χ3v) is 5.60. The second-order valence-electron chi connectivity index (χ2n) is 7.92. The van der Waals surface area contributed by atoms with E-state index in [2.05, 4.69) is 32.4 Å². The number of imidazole rings is 1. The highest BCUT2D eigenvalue weighted by atomic mass is 16.1. The lowest BCUT2D eigenvalue weighted by molar-refractivity contribution is 0.288. The van der Waals surface area contributed by atoms with E-state index in [9.17, 15) is 4.79 Å². The van der Waals surface area contributed by atoms with Gasteiger partial charge in [0.05, 0.1) is 40.7 Å². The standard InChI is InChI=1S/C21H23N7O.C2H6/c1-12-8-18(26-27-11-14(3)24-20(12)27)17-5-4-16-19(25-17)10-23-28(21(16)29)15-6-7-22-13(2)9-15;1-2/h4-5,8,10-11,13,15,22H,6-7,9H2,1-3H3;1-2H3. The number of fused-ring (bicyclic) bond motifs is 2. The lowest BCUT2D eigenvalue weighted by Gasteiger charge is -2.28. The molecule has 0 aliphatic carbocycles. The summed E-state index contributed by atoms with van der Waals surface area (Å²) >= 11 is 0. The monoisotopic (exact) mass is 419 g/mol. The van der Waals surface area contributed by atoms with Crippen LogP contribution in [0.5, 0.6) is 0 Å². The summed E-state index contributed by atoms with van der Waals surface area (Å²) < 4.78 is 3.41. The van der Waals surface area contributed by atoms with Crippen molar-refractivity contribution in [1.29, 1.82) is 0 Å². The molecule has 4 aromatic heterocycles. The van der Waals surface area contributed by atoms with Crippen molar-refractivity contribution in [3.05, 3.63) is 52.2 Å². The molecule has 31 heavy (non-hydrogen) atoms. The van der Waals surface area contributed by atoms with Gasteiger partial charge in [-0.25, -0.2) is 19.2 Å². The van der Waals surface area contributed by atoms with Gasteiger partial charge in [0.1, 0.15) is 5.69 Å². The fraction of sp³-hybridized carbons (Fsp3) is 0.435. The molecule has 0 bridgehead atoms. The molecule has 8 heteroatoms. The number of pyridine rings is 1. The fourth-order valence-corrected chi connectivity index (χ4v) is 4.15. The van der Waals surface area contributed by atoms with Gasteiger partial charge in [-0.15, -0.1) is 0 Å². The first-order valence-electron chi connectivity index (χ1n) is 11.0. The zero-order valence-electron chi connectivity index (χ0n) is 18.8. The molecule has 0 radical (unpaired) electrons. The first kappa shape index (κ1) is 21.1. The molecule has 4 aromatic rings. The molecule has 5 rings (SSSR count). The number of nitrogens with one attached hydrogen (secondary N) is 1. The minimum Gasteiger partial charge on any atom is -0.314 e. The highest BCUT2D eigenvalue weighted by Crippen LogP contribution is 2.22. The zero-order valence-corrected chi connectivity index (χ0v) is 18.8. The van der Waals surface area contributed by atoms with Gasteiger partial charge >= 0.3 is 0 Å². The number of piperidine rings is 1.